The van der Waals surface area contributed by atoms with E-state index < -0.39 is 6.04 Å². The van der Waals surface area contributed by atoms with Gasteiger partial charge < -0.3 is 20.3 Å². The van der Waals surface area contributed by atoms with Crippen LogP contribution in [0.4, 0.5) is 0 Å². The number of carbonyl (C=O) groups excluding carboxylic acids is 2. The first-order chi connectivity index (χ1) is 16.2. The minimum absolute atomic E-state index is 0.186. The first-order valence-corrected chi connectivity index (χ1v) is 11.9. The third-order valence-electron chi connectivity index (χ3n) is 6.77. The number of rotatable bonds is 9. The maximum absolute atomic E-state index is 13.3. The molecule has 184 valence electrons. The molecule has 1 heterocycles. The number of benzene rings is 2. The molecule has 2 aromatic carbocycles. The molecule has 7 heteroatoms. The minimum atomic E-state index is -0.786. The summed E-state index contributed by atoms with van der Waals surface area (Å²) in [5, 5.41) is 6.01. The number of hydrogen-bond donors (Lipinski definition) is 2. The average molecular weight is 467 g/mol. The molecule has 0 bridgehead atoms. The molecule has 1 saturated heterocycles. The van der Waals surface area contributed by atoms with E-state index in [0.29, 0.717) is 23.9 Å². The zero-order valence-corrected chi connectivity index (χ0v) is 21.0. The van der Waals surface area contributed by atoms with Gasteiger partial charge in [-0.2, -0.15) is 0 Å². The molecule has 0 radical (unpaired) electrons. The van der Waals surface area contributed by atoms with Crippen LogP contribution in [0.5, 0.6) is 5.75 Å². The van der Waals surface area contributed by atoms with Crippen LogP contribution < -0.4 is 15.4 Å². The summed E-state index contributed by atoms with van der Waals surface area (Å²) in [6.07, 6.45) is 2.24. The van der Waals surface area contributed by atoms with Crippen LogP contribution in [-0.2, 0) is 4.79 Å². The van der Waals surface area contributed by atoms with E-state index in [1.54, 1.807) is 31.4 Å². The Morgan fingerprint density at radius 3 is 2.24 bits per heavy atom. The van der Waals surface area contributed by atoms with Crippen LogP contribution in [-0.4, -0.2) is 74.0 Å². The van der Waals surface area contributed by atoms with Gasteiger partial charge in [0.05, 0.1) is 7.11 Å². The van der Waals surface area contributed by atoms with Crippen molar-refractivity contribution < 1.29 is 14.3 Å². The number of hydrogen-bond acceptors (Lipinski definition) is 5. The van der Waals surface area contributed by atoms with Crippen LogP contribution in [0, 0.1) is 0 Å². The lowest BCUT2D eigenvalue weighted by Crippen LogP contribution is -2.56. The lowest BCUT2D eigenvalue weighted by molar-refractivity contribution is -0.123. The SMILES string of the molecule is COc1ccc(C(=O)NC(C(=O)NCC(C)(C)N2CCC(N(C)C)CC2)c2ccccc2)cc1. The molecule has 2 aromatic rings. The van der Waals surface area contributed by atoms with Crippen molar-refractivity contribution in [2.24, 2.45) is 0 Å². The Morgan fingerprint density at radius 2 is 1.68 bits per heavy atom. The summed E-state index contributed by atoms with van der Waals surface area (Å²) in [4.78, 5) is 31.0. The molecular formula is C27H38N4O3. The molecule has 7 nitrogen and oxygen atoms in total. The molecule has 0 aromatic heterocycles. The third-order valence-corrected chi connectivity index (χ3v) is 6.77. The fourth-order valence-electron chi connectivity index (χ4n) is 4.41. The fourth-order valence-corrected chi connectivity index (χ4v) is 4.41. The van der Waals surface area contributed by atoms with Crippen molar-refractivity contribution >= 4 is 11.8 Å². The molecule has 1 fully saturated rings. The molecule has 1 atom stereocenters. The van der Waals surface area contributed by atoms with E-state index >= 15 is 0 Å². The molecular weight excluding hydrogens is 428 g/mol. The third kappa shape index (κ3) is 6.58. The van der Waals surface area contributed by atoms with Crippen LogP contribution in [0.2, 0.25) is 0 Å². The summed E-state index contributed by atoms with van der Waals surface area (Å²) in [5.41, 5.74) is 1.03. The van der Waals surface area contributed by atoms with Crippen molar-refractivity contribution in [2.45, 2.75) is 44.3 Å². The molecule has 0 aliphatic carbocycles. The predicted octanol–water partition coefficient (Wildman–Crippen LogP) is 3.09. The molecule has 1 aliphatic rings. The van der Waals surface area contributed by atoms with Crippen molar-refractivity contribution in [3.63, 3.8) is 0 Å². The highest BCUT2D eigenvalue weighted by Gasteiger charge is 2.32. The van der Waals surface area contributed by atoms with Gasteiger partial charge in [0.15, 0.2) is 0 Å². The second-order valence-corrected chi connectivity index (χ2v) is 9.76. The Labute approximate surface area is 203 Å². The number of piperidine rings is 1. The highest BCUT2D eigenvalue weighted by atomic mass is 16.5. The quantitative estimate of drug-likeness (QED) is 0.594. The Balaban J connectivity index is 1.66. The van der Waals surface area contributed by atoms with Crippen molar-refractivity contribution in [2.75, 3.05) is 40.8 Å². The molecule has 2 amide bonds. The molecule has 0 spiro atoms. The van der Waals surface area contributed by atoms with Crippen LogP contribution in [0.25, 0.3) is 0 Å². The number of amides is 2. The number of methoxy groups -OCH3 is 1. The van der Waals surface area contributed by atoms with E-state index in [9.17, 15) is 9.59 Å². The smallest absolute Gasteiger partial charge is 0.252 e. The minimum Gasteiger partial charge on any atom is -0.497 e. The van der Waals surface area contributed by atoms with Gasteiger partial charge in [0, 0.05) is 36.8 Å². The fraction of sp³-hybridized carbons (Fsp3) is 0.481. The van der Waals surface area contributed by atoms with Gasteiger partial charge in [-0.3, -0.25) is 14.5 Å². The predicted molar refractivity (Wildman–Crippen MR) is 135 cm³/mol. The van der Waals surface area contributed by atoms with Gasteiger partial charge in [-0.15, -0.1) is 0 Å². The first kappa shape index (κ1) is 25.7. The summed E-state index contributed by atoms with van der Waals surface area (Å²) in [7, 11) is 5.85. The zero-order valence-electron chi connectivity index (χ0n) is 21.0. The Bertz CT molecular complexity index is 936. The van der Waals surface area contributed by atoms with Gasteiger partial charge in [-0.1, -0.05) is 30.3 Å². The average Bonchev–Trinajstić information content (AvgIpc) is 2.86. The second kappa shape index (κ2) is 11.5. The number of nitrogens with one attached hydrogen (secondary N) is 2. The Morgan fingerprint density at radius 1 is 1.06 bits per heavy atom. The molecule has 34 heavy (non-hydrogen) atoms. The van der Waals surface area contributed by atoms with Gasteiger partial charge >= 0.3 is 0 Å². The number of likely N-dealkylation sites (tertiary alicyclic amines) is 1. The summed E-state index contributed by atoms with van der Waals surface area (Å²) in [5.74, 6) is 0.145. The van der Waals surface area contributed by atoms with E-state index in [1.165, 1.54) is 0 Å². The van der Waals surface area contributed by atoms with E-state index in [0.717, 1.165) is 31.5 Å². The molecule has 1 aliphatic heterocycles. The standard InChI is InChI=1S/C27H38N4O3/c1-27(2,31-17-15-22(16-18-31)30(3)4)19-28-26(33)24(20-9-7-6-8-10-20)29-25(32)21-11-13-23(34-5)14-12-21/h6-14,22,24H,15-19H2,1-5H3,(H,28,33)(H,29,32). The van der Waals surface area contributed by atoms with Gasteiger partial charge in [0.2, 0.25) is 5.91 Å². The monoisotopic (exact) mass is 466 g/mol. The van der Waals surface area contributed by atoms with E-state index in [-0.39, 0.29) is 17.4 Å². The molecule has 0 saturated carbocycles. The molecule has 3 rings (SSSR count). The lowest BCUT2D eigenvalue weighted by atomic mass is 9.95. The highest BCUT2D eigenvalue weighted by Crippen LogP contribution is 2.23. The zero-order chi connectivity index (χ0) is 24.7. The maximum atomic E-state index is 13.3. The van der Waals surface area contributed by atoms with Crippen LogP contribution in [0.3, 0.4) is 0 Å². The maximum Gasteiger partial charge on any atom is 0.252 e. The van der Waals surface area contributed by atoms with Gasteiger partial charge in [0.25, 0.3) is 5.91 Å². The Kier molecular flexibility index (Phi) is 8.69. The number of nitrogens with zero attached hydrogens (tertiary/aromatic N) is 2. The van der Waals surface area contributed by atoms with Gasteiger partial charge in [-0.05, 0) is 70.6 Å². The molecule has 1 unspecified atom stereocenters. The first-order valence-electron chi connectivity index (χ1n) is 11.9. The highest BCUT2D eigenvalue weighted by molar-refractivity contribution is 5.98. The van der Waals surface area contributed by atoms with Gasteiger partial charge in [-0.25, -0.2) is 0 Å². The van der Waals surface area contributed by atoms with E-state index in [1.807, 2.05) is 30.3 Å². The van der Waals surface area contributed by atoms with Crippen molar-refractivity contribution in [1.29, 1.82) is 0 Å². The van der Waals surface area contributed by atoms with Crippen molar-refractivity contribution in [3.05, 3.63) is 65.7 Å². The second-order valence-electron chi connectivity index (χ2n) is 9.76. The van der Waals surface area contributed by atoms with Crippen LogP contribution >= 0.6 is 0 Å². The lowest BCUT2D eigenvalue weighted by Gasteiger charge is -2.44. The largest absolute Gasteiger partial charge is 0.497 e. The van der Waals surface area contributed by atoms with E-state index in [2.05, 4.69) is 48.4 Å². The molecule has 2 N–H and O–H groups in total. The summed E-state index contributed by atoms with van der Waals surface area (Å²) in [6, 6.07) is 16.0. The number of ether oxygens (including phenoxy) is 1. The summed E-state index contributed by atoms with van der Waals surface area (Å²) >= 11 is 0. The van der Waals surface area contributed by atoms with Gasteiger partial charge in [0.1, 0.15) is 11.8 Å². The summed E-state index contributed by atoms with van der Waals surface area (Å²) in [6.45, 7) is 6.83. The van der Waals surface area contributed by atoms with Crippen molar-refractivity contribution in [3.8, 4) is 5.75 Å². The van der Waals surface area contributed by atoms with Crippen LogP contribution in [0.15, 0.2) is 54.6 Å². The van der Waals surface area contributed by atoms with E-state index in [4.69, 9.17) is 4.74 Å². The number of carbonyl (C=O) groups is 2. The topological polar surface area (TPSA) is 73.9 Å². The van der Waals surface area contributed by atoms with Crippen molar-refractivity contribution in [1.82, 2.24) is 20.4 Å². The van der Waals surface area contributed by atoms with Crippen LogP contribution in [0.1, 0.15) is 48.7 Å². The summed E-state index contributed by atoms with van der Waals surface area (Å²) < 4.78 is 5.17. The normalized spacial score (nSPS) is 16.2. The Hall–Kier alpha value is -2.90.